The Labute approximate surface area is 165 Å². The van der Waals surface area contributed by atoms with Crippen molar-refractivity contribution in [2.75, 3.05) is 5.32 Å². The van der Waals surface area contributed by atoms with Gasteiger partial charge in [-0.1, -0.05) is 69.2 Å². The van der Waals surface area contributed by atoms with Crippen LogP contribution in [-0.2, 0) is 0 Å². The average molecular weight is 450 g/mol. The maximum absolute atomic E-state index is 12.6. The van der Waals surface area contributed by atoms with Crippen molar-refractivity contribution in [2.24, 2.45) is 0 Å². The molecule has 124 valence electrons. The molecule has 0 aliphatic carbocycles. The van der Waals surface area contributed by atoms with Crippen LogP contribution < -0.4 is 5.32 Å². The van der Waals surface area contributed by atoms with Gasteiger partial charge in [-0.3, -0.25) is 10.1 Å². The highest BCUT2D eigenvalue weighted by atomic mass is 79.9. The first-order chi connectivity index (χ1) is 12.1. The number of nitrogens with one attached hydrogen (secondary N) is 1. The molecule has 2 aromatic carbocycles. The summed E-state index contributed by atoms with van der Waals surface area (Å²) >= 11 is 12.6. The zero-order chi connectivity index (χ0) is 17.4. The minimum absolute atomic E-state index is 0.233. The minimum atomic E-state index is -0.233. The Morgan fingerprint density at radius 1 is 1.08 bits per heavy atom. The Morgan fingerprint density at radius 3 is 2.60 bits per heavy atom. The molecule has 0 spiro atoms. The molecule has 0 radical (unpaired) electrons. The standard InChI is InChI=1S/C18H10BrClN2OS2/c19-11-7-5-10(6-8-11)14-9-21-18(25-14)22-17(23)16-15(20)12-3-1-2-4-13(12)24-16/h1-9H,(H,21,22,23). The summed E-state index contributed by atoms with van der Waals surface area (Å²) in [6.45, 7) is 0. The molecule has 0 bridgehead atoms. The van der Waals surface area contributed by atoms with Crippen molar-refractivity contribution in [1.29, 1.82) is 0 Å². The quantitative estimate of drug-likeness (QED) is 0.378. The molecule has 0 aliphatic heterocycles. The van der Waals surface area contributed by atoms with Gasteiger partial charge in [0, 0.05) is 20.8 Å². The number of carbonyl (C=O) groups is 1. The molecular weight excluding hydrogens is 440 g/mol. The zero-order valence-corrected chi connectivity index (χ0v) is 16.6. The van der Waals surface area contributed by atoms with Crippen LogP contribution in [0.5, 0.6) is 0 Å². The first-order valence-electron chi connectivity index (χ1n) is 7.32. The lowest BCUT2D eigenvalue weighted by atomic mass is 10.2. The third-order valence-corrected chi connectivity index (χ3v) is 6.76. The molecule has 2 aromatic heterocycles. The molecule has 0 fully saturated rings. The van der Waals surface area contributed by atoms with Crippen molar-refractivity contribution in [3.63, 3.8) is 0 Å². The van der Waals surface area contributed by atoms with E-state index in [0.29, 0.717) is 15.0 Å². The number of hydrogen-bond acceptors (Lipinski definition) is 4. The lowest BCUT2D eigenvalue weighted by Crippen LogP contribution is -2.10. The van der Waals surface area contributed by atoms with E-state index in [-0.39, 0.29) is 5.91 Å². The van der Waals surface area contributed by atoms with Crippen molar-refractivity contribution in [3.05, 3.63) is 69.1 Å². The Bertz CT molecular complexity index is 1070. The number of anilines is 1. The van der Waals surface area contributed by atoms with Gasteiger partial charge in [0.15, 0.2) is 5.13 Å². The number of hydrogen-bond donors (Lipinski definition) is 1. The van der Waals surface area contributed by atoms with Gasteiger partial charge in [0.05, 0.1) is 9.90 Å². The molecule has 0 saturated heterocycles. The molecule has 7 heteroatoms. The van der Waals surface area contributed by atoms with Crippen LogP contribution in [0.15, 0.2) is 59.2 Å². The Morgan fingerprint density at radius 2 is 1.84 bits per heavy atom. The lowest BCUT2D eigenvalue weighted by Gasteiger charge is -1.99. The maximum atomic E-state index is 12.6. The number of rotatable bonds is 3. The summed E-state index contributed by atoms with van der Waals surface area (Å²) < 4.78 is 2.01. The topological polar surface area (TPSA) is 42.0 Å². The van der Waals surface area contributed by atoms with Crippen LogP contribution in [-0.4, -0.2) is 10.9 Å². The number of nitrogens with zero attached hydrogens (tertiary/aromatic N) is 1. The largest absolute Gasteiger partial charge is 0.297 e. The van der Waals surface area contributed by atoms with Crippen LogP contribution in [0.1, 0.15) is 9.67 Å². The van der Waals surface area contributed by atoms with Crippen molar-refractivity contribution in [2.45, 2.75) is 0 Å². The van der Waals surface area contributed by atoms with Gasteiger partial charge in [0.2, 0.25) is 0 Å². The molecule has 0 saturated carbocycles. The average Bonchev–Trinajstić information content (AvgIpc) is 3.21. The number of fused-ring (bicyclic) bond motifs is 1. The molecule has 25 heavy (non-hydrogen) atoms. The van der Waals surface area contributed by atoms with E-state index in [4.69, 9.17) is 11.6 Å². The summed E-state index contributed by atoms with van der Waals surface area (Å²) in [5.41, 5.74) is 1.06. The number of benzene rings is 2. The Balaban J connectivity index is 1.58. The normalized spacial score (nSPS) is 11.0. The van der Waals surface area contributed by atoms with Gasteiger partial charge >= 0.3 is 0 Å². The number of halogens is 2. The smallest absolute Gasteiger partial charge is 0.269 e. The summed E-state index contributed by atoms with van der Waals surface area (Å²) in [4.78, 5) is 18.4. The van der Waals surface area contributed by atoms with E-state index < -0.39 is 0 Å². The molecule has 2 heterocycles. The van der Waals surface area contributed by atoms with Crippen molar-refractivity contribution < 1.29 is 4.79 Å². The first-order valence-corrected chi connectivity index (χ1v) is 10.1. The van der Waals surface area contributed by atoms with Gasteiger partial charge in [-0.25, -0.2) is 4.98 Å². The Kier molecular flexibility index (Phi) is 4.60. The second-order valence-electron chi connectivity index (χ2n) is 5.23. The Hall–Kier alpha value is -1.73. The van der Waals surface area contributed by atoms with Crippen LogP contribution in [0.3, 0.4) is 0 Å². The first kappa shape index (κ1) is 16.7. The number of carbonyl (C=O) groups excluding carboxylic acids is 1. The van der Waals surface area contributed by atoms with Crippen molar-refractivity contribution in [1.82, 2.24) is 4.98 Å². The summed E-state index contributed by atoms with van der Waals surface area (Å²) in [5, 5.41) is 4.78. The van der Waals surface area contributed by atoms with E-state index in [1.165, 1.54) is 22.7 Å². The molecule has 0 unspecified atom stereocenters. The van der Waals surface area contributed by atoms with Crippen LogP contribution in [0, 0.1) is 0 Å². The summed E-state index contributed by atoms with van der Waals surface area (Å²) in [5.74, 6) is -0.233. The molecular formula is C18H10BrClN2OS2. The van der Waals surface area contributed by atoms with E-state index in [1.807, 2.05) is 48.5 Å². The van der Waals surface area contributed by atoms with E-state index in [0.717, 1.165) is 25.0 Å². The fraction of sp³-hybridized carbons (Fsp3) is 0. The van der Waals surface area contributed by atoms with Crippen LogP contribution in [0.2, 0.25) is 5.02 Å². The molecule has 4 aromatic rings. The summed E-state index contributed by atoms with van der Waals surface area (Å²) in [7, 11) is 0. The fourth-order valence-electron chi connectivity index (χ4n) is 2.39. The summed E-state index contributed by atoms with van der Waals surface area (Å²) in [6, 6.07) is 15.7. The molecule has 3 nitrogen and oxygen atoms in total. The molecule has 1 N–H and O–H groups in total. The fourth-order valence-corrected chi connectivity index (χ4v) is 4.89. The minimum Gasteiger partial charge on any atom is -0.297 e. The van der Waals surface area contributed by atoms with Gasteiger partial charge < -0.3 is 0 Å². The number of amides is 1. The van der Waals surface area contributed by atoms with E-state index in [9.17, 15) is 4.79 Å². The van der Waals surface area contributed by atoms with E-state index in [1.54, 1.807) is 6.20 Å². The highest BCUT2D eigenvalue weighted by Crippen LogP contribution is 2.36. The van der Waals surface area contributed by atoms with Crippen molar-refractivity contribution in [3.8, 4) is 10.4 Å². The molecule has 0 atom stereocenters. The monoisotopic (exact) mass is 448 g/mol. The van der Waals surface area contributed by atoms with Crippen molar-refractivity contribution >= 4 is 71.3 Å². The second kappa shape index (κ2) is 6.88. The third kappa shape index (κ3) is 3.35. The third-order valence-electron chi connectivity index (χ3n) is 3.60. The van der Waals surface area contributed by atoms with Gasteiger partial charge in [-0.05, 0) is 23.8 Å². The lowest BCUT2D eigenvalue weighted by molar-refractivity contribution is 0.103. The predicted molar refractivity (Wildman–Crippen MR) is 110 cm³/mol. The number of thiophene rings is 1. The molecule has 1 amide bonds. The molecule has 4 rings (SSSR count). The van der Waals surface area contributed by atoms with Crippen LogP contribution in [0.25, 0.3) is 20.5 Å². The maximum Gasteiger partial charge on any atom is 0.269 e. The van der Waals surface area contributed by atoms with Gasteiger partial charge in [-0.2, -0.15) is 0 Å². The van der Waals surface area contributed by atoms with Gasteiger partial charge in [0.25, 0.3) is 5.91 Å². The SMILES string of the molecule is O=C(Nc1ncc(-c2ccc(Br)cc2)s1)c1sc2ccccc2c1Cl. The van der Waals surface area contributed by atoms with Gasteiger partial charge in [0.1, 0.15) is 4.88 Å². The highest BCUT2D eigenvalue weighted by molar-refractivity contribution is 9.10. The number of thiazole rings is 1. The number of aromatic nitrogens is 1. The predicted octanol–water partition coefficient (Wildman–Crippen LogP) is 6.69. The molecule has 0 aliphatic rings. The van der Waals surface area contributed by atoms with E-state index >= 15 is 0 Å². The second-order valence-corrected chi connectivity index (χ2v) is 8.61. The zero-order valence-electron chi connectivity index (χ0n) is 12.6. The summed E-state index contributed by atoms with van der Waals surface area (Å²) in [6.07, 6.45) is 1.76. The van der Waals surface area contributed by atoms with Crippen LogP contribution >= 0.6 is 50.2 Å². The van der Waals surface area contributed by atoms with E-state index in [2.05, 4.69) is 26.2 Å². The van der Waals surface area contributed by atoms with Crippen LogP contribution in [0.4, 0.5) is 5.13 Å². The highest BCUT2D eigenvalue weighted by Gasteiger charge is 2.18. The van der Waals surface area contributed by atoms with Gasteiger partial charge in [-0.15, -0.1) is 11.3 Å².